The number of alkyl halides is 2. The number of halogens is 3. The first-order valence-electron chi connectivity index (χ1n) is 13.1. The minimum atomic E-state index is -2.92. The van der Waals surface area contributed by atoms with Crippen molar-refractivity contribution in [3.05, 3.63) is 89.4 Å². The summed E-state index contributed by atoms with van der Waals surface area (Å²) in [6, 6.07) is 14.2. The van der Waals surface area contributed by atoms with Crippen molar-refractivity contribution in [3.63, 3.8) is 0 Å². The zero-order valence-corrected chi connectivity index (χ0v) is 22.0. The molecule has 1 aliphatic heterocycles. The van der Waals surface area contributed by atoms with Gasteiger partial charge in [-0.2, -0.15) is 10.5 Å². The lowest BCUT2D eigenvalue weighted by Crippen LogP contribution is -2.56. The number of hydrogen-bond acceptors (Lipinski definition) is 6. The molecule has 3 amide bonds. The highest BCUT2D eigenvalue weighted by atomic mass is 19.3. The summed E-state index contributed by atoms with van der Waals surface area (Å²) in [5.41, 5.74) is 0.219. The molecule has 1 aromatic heterocycles. The fourth-order valence-corrected chi connectivity index (χ4v) is 5.26. The molecule has 3 aromatic rings. The summed E-state index contributed by atoms with van der Waals surface area (Å²) >= 11 is 0. The lowest BCUT2D eigenvalue weighted by Gasteiger charge is -2.39. The maximum atomic E-state index is 14.8. The molecule has 5 rings (SSSR count). The topological polar surface area (TPSA) is 130 Å². The van der Waals surface area contributed by atoms with Crippen LogP contribution in [0, 0.1) is 28.5 Å². The van der Waals surface area contributed by atoms with E-state index in [-0.39, 0.29) is 41.0 Å². The highest BCUT2D eigenvalue weighted by Gasteiger charge is 2.48. The summed E-state index contributed by atoms with van der Waals surface area (Å²) in [6.45, 7) is 0. The van der Waals surface area contributed by atoms with Gasteiger partial charge in [-0.3, -0.25) is 24.2 Å². The Labute approximate surface area is 238 Å². The number of nitrogens with one attached hydrogen (secondary N) is 1. The number of rotatable bonds is 7. The van der Waals surface area contributed by atoms with Gasteiger partial charge in [-0.05, 0) is 42.3 Å². The number of benzene rings is 2. The van der Waals surface area contributed by atoms with Crippen molar-refractivity contribution in [1.29, 1.82) is 10.5 Å². The first kappa shape index (κ1) is 28.3. The third kappa shape index (κ3) is 5.65. The predicted molar refractivity (Wildman–Crippen MR) is 143 cm³/mol. The molecule has 2 fully saturated rings. The quantitative estimate of drug-likeness (QED) is 0.453. The van der Waals surface area contributed by atoms with Crippen molar-refractivity contribution >= 4 is 29.2 Å². The van der Waals surface area contributed by atoms with Crippen LogP contribution in [0.5, 0.6) is 0 Å². The second-order valence-electron chi connectivity index (χ2n) is 10.1. The normalized spacial score (nSPS) is 18.4. The van der Waals surface area contributed by atoms with Crippen LogP contribution in [-0.2, 0) is 14.4 Å². The Morgan fingerprint density at radius 2 is 1.76 bits per heavy atom. The lowest BCUT2D eigenvalue weighted by molar-refractivity contribution is -0.133. The Bertz CT molecular complexity index is 1630. The Hall–Kier alpha value is -5.23. The van der Waals surface area contributed by atoms with Crippen LogP contribution in [-0.4, -0.2) is 40.7 Å². The molecule has 2 aromatic carbocycles. The van der Waals surface area contributed by atoms with Crippen molar-refractivity contribution in [2.24, 2.45) is 0 Å². The van der Waals surface area contributed by atoms with Crippen LogP contribution in [0.2, 0.25) is 0 Å². The van der Waals surface area contributed by atoms with Crippen molar-refractivity contribution < 1.29 is 27.6 Å². The van der Waals surface area contributed by atoms with E-state index >= 15 is 0 Å². The Morgan fingerprint density at radius 3 is 2.43 bits per heavy atom. The Kier molecular flexibility index (Phi) is 7.64. The summed E-state index contributed by atoms with van der Waals surface area (Å²) in [7, 11) is 0. The summed E-state index contributed by atoms with van der Waals surface area (Å²) in [5, 5.41) is 21.4. The van der Waals surface area contributed by atoms with Crippen LogP contribution in [0.1, 0.15) is 48.4 Å². The van der Waals surface area contributed by atoms with E-state index in [1.165, 1.54) is 24.4 Å². The van der Waals surface area contributed by atoms with Crippen molar-refractivity contribution in [2.75, 3.05) is 9.80 Å². The molecule has 0 radical (unpaired) electrons. The highest BCUT2D eigenvalue weighted by Crippen LogP contribution is 2.39. The molecule has 1 unspecified atom stereocenters. The minimum absolute atomic E-state index is 0.0189. The van der Waals surface area contributed by atoms with Gasteiger partial charge in [0.1, 0.15) is 23.7 Å². The SMILES string of the molecule is N#Cc1cc(F)cc(N(C(=O)C2CCC(=O)N2c2cc(C#N)ccn2)[C@H](C(=O)NC2CC(F)(F)C2)c2ccccc2)c1. The molecule has 2 atom stereocenters. The van der Waals surface area contributed by atoms with Crippen LogP contribution in [0.15, 0.2) is 66.9 Å². The number of nitrogens with zero attached hydrogens (tertiary/aromatic N) is 5. The molecule has 2 heterocycles. The minimum Gasteiger partial charge on any atom is -0.351 e. The maximum Gasteiger partial charge on any atom is 0.252 e. The molecule has 212 valence electrons. The van der Waals surface area contributed by atoms with Crippen molar-refractivity contribution in [3.8, 4) is 12.1 Å². The fourth-order valence-electron chi connectivity index (χ4n) is 5.26. The second-order valence-corrected chi connectivity index (χ2v) is 10.1. The lowest BCUT2D eigenvalue weighted by atomic mass is 9.87. The Morgan fingerprint density at radius 1 is 1.05 bits per heavy atom. The van der Waals surface area contributed by atoms with E-state index in [1.807, 2.05) is 12.1 Å². The average molecular weight is 573 g/mol. The highest BCUT2D eigenvalue weighted by molar-refractivity contribution is 6.10. The van der Waals surface area contributed by atoms with Gasteiger partial charge < -0.3 is 5.32 Å². The van der Waals surface area contributed by atoms with Crippen molar-refractivity contribution in [2.45, 2.75) is 49.7 Å². The van der Waals surface area contributed by atoms with E-state index in [4.69, 9.17) is 0 Å². The maximum absolute atomic E-state index is 14.8. The fraction of sp³-hybridized carbons (Fsp3) is 0.267. The van der Waals surface area contributed by atoms with E-state index in [2.05, 4.69) is 10.3 Å². The number of anilines is 2. The molecule has 1 N–H and O–H groups in total. The van der Waals surface area contributed by atoms with E-state index in [1.54, 1.807) is 30.3 Å². The molecule has 0 spiro atoms. The average Bonchev–Trinajstić information content (AvgIpc) is 3.35. The predicted octanol–water partition coefficient (Wildman–Crippen LogP) is 4.15. The van der Waals surface area contributed by atoms with Gasteiger partial charge >= 0.3 is 0 Å². The standard InChI is InChI=1S/C30H23F3N6O3/c31-21-10-19(17-35)11-23(13-21)38(27(20-4-2-1-3-5-20)28(41)37-22-14-30(32,33)15-22)29(42)24-6-7-26(40)39(24)25-12-18(16-34)8-9-36-25/h1-5,8-13,22,24,27H,6-7,14-15H2,(H,37,41)/t24?,27-/m0/s1. The smallest absolute Gasteiger partial charge is 0.252 e. The van der Waals surface area contributed by atoms with E-state index in [0.29, 0.717) is 0 Å². The first-order chi connectivity index (χ1) is 20.1. The number of aromatic nitrogens is 1. The summed E-state index contributed by atoms with van der Waals surface area (Å²) in [5.74, 6) is -5.76. The summed E-state index contributed by atoms with van der Waals surface area (Å²) in [6.07, 6.45) is 0.149. The molecule has 2 aliphatic rings. The van der Waals surface area contributed by atoms with Crippen molar-refractivity contribution in [1.82, 2.24) is 10.3 Å². The van der Waals surface area contributed by atoms with Gasteiger partial charge in [0.2, 0.25) is 11.8 Å². The molecule has 0 bridgehead atoms. The zero-order valence-electron chi connectivity index (χ0n) is 22.0. The largest absolute Gasteiger partial charge is 0.351 e. The molecular formula is C30H23F3N6O3. The number of amides is 3. The third-order valence-electron chi connectivity index (χ3n) is 7.20. The molecule has 42 heavy (non-hydrogen) atoms. The van der Waals surface area contributed by atoms with Crippen LogP contribution in [0.4, 0.5) is 24.7 Å². The molecule has 1 saturated carbocycles. The zero-order chi connectivity index (χ0) is 30.0. The van der Waals surface area contributed by atoms with Gasteiger partial charge in [-0.15, -0.1) is 0 Å². The Balaban J connectivity index is 1.62. The van der Waals surface area contributed by atoms with Crippen LogP contribution in [0.3, 0.4) is 0 Å². The summed E-state index contributed by atoms with van der Waals surface area (Å²) < 4.78 is 41.9. The number of carbonyl (C=O) groups excluding carboxylic acids is 3. The molecule has 9 nitrogen and oxygen atoms in total. The third-order valence-corrected chi connectivity index (χ3v) is 7.20. The van der Waals surface area contributed by atoms with Gasteiger partial charge in [0.05, 0.1) is 23.3 Å². The molecule has 12 heteroatoms. The second kappa shape index (κ2) is 11.3. The van der Waals surface area contributed by atoms with Gasteiger partial charge in [-0.1, -0.05) is 30.3 Å². The van der Waals surface area contributed by atoms with E-state index < -0.39 is 60.4 Å². The molecule has 1 saturated heterocycles. The first-order valence-corrected chi connectivity index (χ1v) is 13.1. The van der Waals surface area contributed by atoms with Gasteiger partial charge in [-0.25, -0.2) is 18.2 Å². The van der Waals surface area contributed by atoms with Crippen LogP contribution < -0.4 is 15.1 Å². The molecular weight excluding hydrogens is 549 g/mol. The molecule has 1 aliphatic carbocycles. The van der Waals surface area contributed by atoms with Gasteiger partial charge in [0.25, 0.3) is 11.8 Å². The van der Waals surface area contributed by atoms with Gasteiger partial charge in [0.15, 0.2) is 0 Å². The van der Waals surface area contributed by atoms with Crippen LogP contribution in [0.25, 0.3) is 0 Å². The monoisotopic (exact) mass is 572 g/mol. The number of pyridine rings is 1. The number of hydrogen-bond donors (Lipinski definition) is 1. The van der Waals surface area contributed by atoms with E-state index in [0.717, 1.165) is 21.9 Å². The van der Waals surface area contributed by atoms with Crippen LogP contribution >= 0.6 is 0 Å². The van der Waals surface area contributed by atoms with E-state index in [9.17, 15) is 38.1 Å². The number of carbonyl (C=O) groups is 3. The number of nitriles is 2. The summed E-state index contributed by atoms with van der Waals surface area (Å²) in [4.78, 5) is 47.6. The van der Waals surface area contributed by atoms with Gasteiger partial charge in [0, 0.05) is 37.2 Å².